The van der Waals surface area contributed by atoms with Gasteiger partial charge in [-0.3, -0.25) is 0 Å². The monoisotopic (exact) mass is 394 g/mol. The van der Waals surface area contributed by atoms with E-state index in [0.29, 0.717) is 5.41 Å². The molecule has 0 aromatic rings. The summed E-state index contributed by atoms with van der Waals surface area (Å²) in [5.41, 5.74) is 0.535. The minimum absolute atomic E-state index is 0.535. The first-order valence-corrected chi connectivity index (χ1v) is 13.6. The lowest BCUT2D eigenvalue weighted by Crippen LogP contribution is -2.03. The van der Waals surface area contributed by atoms with Gasteiger partial charge in [0.15, 0.2) is 0 Å². The summed E-state index contributed by atoms with van der Waals surface area (Å²) in [5.74, 6) is 0. The maximum absolute atomic E-state index is 2.37. The molecule has 0 aliphatic heterocycles. The molecule has 0 heteroatoms. The second-order valence-electron chi connectivity index (χ2n) is 10.7. The van der Waals surface area contributed by atoms with Crippen molar-refractivity contribution in [2.75, 3.05) is 0 Å². The van der Waals surface area contributed by atoms with E-state index in [9.17, 15) is 0 Å². The van der Waals surface area contributed by atoms with Gasteiger partial charge in [0, 0.05) is 0 Å². The molecule has 170 valence electrons. The van der Waals surface area contributed by atoms with Gasteiger partial charge in [-0.25, -0.2) is 0 Å². The second-order valence-corrected chi connectivity index (χ2v) is 10.7. The van der Waals surface area contributed by atoms with E-state index in [-0.39, 0.29) is 0 Å². The Kier molecular flexibility index (Phi) is 21.7. The third-order valence-corrected chi connectivity index (χ3v) is 6.28. The van der Waals surface area contributed by atoms with Crippen LogP contribution >= 0.6 is 0 Å². The maximum atomic E-state index is 2.37. The van der Waals surface area contributed by atoms with Crippen molar-refractivity contribution in [2.24, 2.45) is 5.41 Å². The van der Waals surface area contributed by atoms with Crippen LogP contribution in [0.1, 0.15) is 175 Å². The molecule has 0 saturated heterocycles. The zero-order valence-electron chi connectivity index (χ0n) is 20.8. The Balaban J connectivity index is 3.01. The first-order valence-electron chi connectivity index (χ1n) is 13.6. The number of unbranched alkanes of at least 4 members (excludes halogenated alkanes) is 21. The lowest BCUT2D eigenvalue weighted by atomic mass is 9.89. The van der Waals surface area contributed by atoms with E-state index in [1.807, 2.05) is 0 Å². The molecule has 0 fully saturated rings. The van der Waals surface area contributed by atoms with Gasteiger partial charge in [-0.1, -0.05) is 169 Å². The van der Waals surface area contributed by atoms with Gasteiger partial charge in [-0.05, 0) is 11.8 Å². The van der Waals surface area contributed by atoms with E-state index in [4.69, 9.17) is 0 Å². The quantitative estimate of drug-likeness (QED) is 0.160. The summed E-state index contributed by atoms with van der Waals surface area (Å²) in [6.07, 6.45) is 33.8. The highest BCUT2D eigenvalue weighted by Gasteiger charge is 2.08. The molecule has 0 radical (unpaired) electrons. The predicted molar refractivity (Wildman–Crippen MR) is 131 cm³/mol. The molecule has 0 atom stereocenters. The molecule has 0 unspecified atom stereocenters. The molecule has 0 spiro atoms. The molecule has 0 aromatic heterocycles. The topological polar surface area (TPSA) is 0 Å². The van der Waals surface area contributed by atoms with Gasteiger partial charge in [-0.2, -0.15) is 0 Å². The van der Waals surface area contributed by atoms with Crippen molar-refractivity contribution in [1.29, 1.82) is 0 Å². The summed E-state index contributed by atoms with van der Waals surface area (Å²) in [4.78, 5) is 0. The Morgan fingerprint density at radius 2 is 0.536 bits per heavy atom. The highest BCUT2D eigenvalue weighted by molar-refractivity contribution is 4.61. The average molecular weight is 395 g/mol. The molecule has 28 heavy (non-hydrogen) atoms. The molecule has 0 saturated carbocycles. The summed E-state index contributed by atoms with van der Waals surface area (Å²) in [6, 6.07) is 0. The number of rotatable bonds is 22. The normalized spacial score (nSPS) is 12.0. The van der Waals surface area contributed by atoms with Crippen LogP contribution in [0.2, 0.25) is 0 Å². The van der Waals surface area contributed by atoms with Crippen molar-refractivity contribution in [3.05, 3.63) is 0 Å². The SMILES string of the molecule is CCCCCCCCCCCCCCCCCCCCCCCCC(C)(C)C. The maximum Gasteiger partial charge on any atom is -0.0383 e. The van der Waals surface area contributed by atoms with Crippen molar-refractivity contribution in [3.63, 3.8) is 0 Å². The standard InChI is InChI=1S/C28H58/c1-5-6-7-8-9-10-11-12-13-14-15-16-17-18-19-20-21-22-23-24-25-26-27-28(2,3)4/h5-27H2,1-4H3. The lowest BCUT2D eigenvalue weighted by Gasteiger charge is -2.17. The summed E-state index contributed by atoms with van der Waals surface area (Å²) in [5, 5.41) is 0. The second kappa shape index (κ2) is 21.7. The Hall–Kier alpha value is 0. The van der Waals surface area contributed by atoms with Crippen LogP contribution in [-0.4, -0.2) is 0 Å². The molecule has 0 aliphatic rings. The van der Waals surface area contributed by atoms with Crippen molar-refractivity contribution < 1.29 is 0 Å². The number of hydrogen-bond acceptors (Lipinski definition) is 0. The van der Waals surface area contributed by atoms with Gasteiger partial charge < -0.3 is 0 Å². The van der Waals surface area contributed by atoms with Crippen LogP contribution in [0.25, 0.3) is 0 Å². The zero-order chi connectivity index (χ0) is 20.8. The highest BCUT2D eigenvalue weighted by atomic mass is 14.1. The first kappa shape index (κ1) is 28.0. The Morgan fingerprint density at radius 1 is 0.321 bits per heavy atom. The zero-order valence-corrected chi connectivity index (χ0v) is 20.8. The molecule has 0 heterocycles. The summed E-state index contributed by atoms with van der Waals surface area (Å²) < 4.78 is 0. The van der Waals surface area contributed by atoms with Gasteiger partial charge >= 0.3 is 0 Å². The summed E-state index contributed by atoms with van der Waals surface area (Å²) in [7, 11) is 0. The third kappa shape index (κ3) is 26.0. The summed E-state index contributed by atoms with van der Waals surface area (Å²) >= 11 is 0. The van der Waals surface area contributed by atoms with E-state index in [1.54, 1.807) is 0 Å². The van der Waals surface area contributed by atoms with E-state index in [2.05, 4.69) is 27.7 Å². The smallest absolute Gasteiger partial charge is 0.0383 e. The van der Waals surface area contributed by atoms with Crippen LogP contribution in [0.5, 0.6) is 0 Å². The molecular weight excluding hydrogens is 336 g/mol. The van der Waals surface area contributed by atoms with Gasteiger partial charge in [0.2, 0.25) is 0 Å². The van der Waals surface area contributed by atoms with Crippen molar-refractivity contribution >= 4 is 0 Å². The lowest BCUT2D eigenvalue weighted by molar-refractivity contribution is 0.356. The molecule has 0 aromatic carbocycles. The van der Waals surface area contributed by atoms with Gasteiger partial charge in [0.05, 0.1) is 0 Å². The van der Waals surface area contributed by atoms with Crippen LogP contribution in [0, 0.1) is 5.41 Å². The van der Waals surface area contributed by atoms with E-state index in [1.165, 1.54) is 148 Å². The van der Waals surface area contributed by atoms with Gasteiger partial charge in [0.25, 0.3) is 0 Å². The number of hydrogen-bond donors (Lipinski definition) is 0. The van der Waals surface area contributed by atoms with E-state index in [0.717, 1.165) is 0 Å². The van der Waals surface area contributed by atoms with Crippen molar-refractivity contribution in [2.45, 2.75) is 175 Å². The fourth-order valence-electron chi connectivity index (χ4n) is 4.26. The molecule has 0 N–H and O–H groups in total. The van der Waals surface area contributed by atoms with E-state index < -0.39 is 0 Å². The molecule has 0 nitrogen and oxygen atoms in total. The average Bonchev–Trinajstić information content (AvgIpc) is 2.65. The minimum Gasteiger partial charge on any atom is -0.0654 e. The predicted octanol–water partition coefficient (Wildman–Crippen LogP) is 11.0. The van der Waals surface area contributed by atoms with Crippen molar-refractivity contribution in [3.8, 4) is 0 Å². The molecule has 0 amide bonds. The fourth-order valence-corrected chi connectivity index (χ4v) is 4.26. The third-order valence-electron chi connectivity index (χ3n) is 6.28. The molecule has 0 bridgehead atoms. The minimum atomic E-state index is 0.535. The molecule has 0 rings (SSSR count). The Labute approximate surface area is 181 Å². The Morgan fingerprint density at radius 3 is 0.750 bits per heavy atom. The van der Waals surface area contributed by atoms with Crippen LogP contribution < -0.4 is 0 Å². The largest absolute Gasteiger partial charge is 0.0654 e. The summed E-state index contributed by atoms with van der Waals surface area (Å²) in [6.45, 7) is 9.40. The fraction of sp³-hybridized carbons (Fsp3) is 1.00. The van der Waals surface area contributed by atoms with Crippen molar-refractivity contribution in [1.82, 2.24) is 0 Å². The van der Waals surface area contributed by atoms with Crippen LogP contribution in [-0.2, 0) is 0 Å². The van der Waals surface area contributed by atoms with E-state index >= 15 is 0 Å². The Bertz CT molecular complexity index is 272. The molecular formula is C28H58. The highest BCUT2D eigenvalue weighted by Crippen LogP contribution is 2.22. The van der Waals surface area contributed by atoms with Gasteiger partial charge in [-0.15, -0.1) is 0 Å². The molecule has 0 aliphatic carbocycles. The van der Waals surface area contributed by atoms with Gasteiger partial charge in [0.1, 0.15) is 0 Å². The van der Waals surface area contributed by atoms with Crippen LogP contribution in [0.15, 0.2) is 0 Å². The van der Waals surface area contributed by atoms with Crippen LogP contribution in [0.3, 0.4) is 0 Å². The first-order chi connectivity index (χ1) is 13.6. The van der Waals surface area contributed by atoms with Crippen LogP contribution in [0.4, 0.5) is 0 Å².